The smallest absolute Gasteiger partial charge is 0.253 e. The molecule has 0 radical (unpaired) electrons. The van der Waals surface area contributed by atoms with Gasteiger partial charge < -0.3 is 0 Å². The maximum Gasteiger partial charge on any atom is 0.253 e. The molecule has 2 saturated carbocycles. The second kappa shape index (κ2) is 7.11. The predicted molar refractivity (Wildman–Crippen MR) is 86.5 cm³/mol. The summed E-state index contributed by atoms with van der Waals surface area (Å²) in [5, 5.41) is 0. The second-order valence-corrected chi connectivity index (χ2v) is 6.64. The van der Waals surface area contributed by atoms with E-state index in [0.29, 0.717) is 0 Å². The third kappa shape index (κ3) is 3.32. The van der Waals surface area contributed by atoms with E-state index in [4.69, 9.17) is 0 Å². The van der Waals surface area contributed by atoms with E-state index in [-0.39, 0.29) is 35.7 Å². The third-order valence-electron chi connectivity index (χ3n) is 5.07. The Kier molecular flexibility index (Phi) is 4.92. The van der Waals surface area contributed by atoms with Crippen molar-refractivity contribution in [3.63, 3.8) is 0 Å². The highest BCUT2D eigenvalue weighted by atomic mass is 16.2. The van der Waals surface area contributed by atoms with Gasteiger partial charge in [0.05, 0.1) is 0 Å². The predicted octanol–water partition coefficient (Wildman–Crippen LogP) is 1.71. The lowest BCUT2D eigenvalue weighted by Gasteiger charge is -2.20. The minimum atomic E-state index is -0.132. The van der Waals surface area contributed by atoms with Crippen molar-refractivity contribution in [2.24, 2.45) is 0 Å². The fourth-order valence-electron chi connectivity index (χ4n) is 3.87. The molecule has 4 rings (SSSR count). The Hall–Kier alpha value is -2.24. The number of hydrogen-bond donors (Lipinski definition) is 0. The van der Waals surface area contributed by atoms with Crippen LogP contribution in [-0.4, -0.2) is 45.5 Å². The average Bonchev–Trinajstić information content (AvgIpc) is 3.31. The number of hydrogen-bond acceptors (Lipinski definition) is 4. The highest BCUT2D eigenvalue weighted by molar-refractivity contribution is 6.13. The topological polar surface area (TPSA) is 74.8 Å². The van der Waals surface area contributed by atoms with Crippen molar-refractivity contribution >= 4 is 23.6 Å². The van der Waals surface area contributed by atoms with Gasteiger partial charge in [0.2, 0.25) is 0 Å². The Morgan fingerprint density at radius 2 is 0.792 bits per heavy atom. The molecule has 0 aromatic carbocycles. The Morgan fingerprint density at radius 1 is 0.542 bits per heavy atom. The van der Waals surface area contributed by atoms with Crippen molar-refractivity contribution in [1.82, 2.24) is 9.80 Å². The van der Waals surface area contributed by atoms with Crippen LogP contribution in [0.4, 0.5) is 0 Å². The number of rotatable bonds is 2. The van der Waals surface area contributed by atoms with E-state index in [1.54, 1.807) is 0 Å². The van der Waals surface area contributed by atoms with E-state index in [9.17, 15) is 19.2 Å². The third-order valence-corrected chi connectivity index (χ3v) is 5.07. The number of imide groups is 2. The standard InChI is InChI=1S/2C9H11NO2/c2*11-8-5-6-9(12)10(8)7-3-1-2-4-7/h2*5-7H,1-4H2. The molecule has 0 aromatic rings. The lowest BCUT2D eigenvalue weighted by Crippen LogP contribution is -2.38. The summed E-state index contributed by atoms with van der Waals surface area (Å²) in [4.78, 5) is 47.6. The van der Waals surface area contributed by atoms with Crippen LogP contribution in [0.1, 0.15) is 51.4 Å². The van der Waals surface area contributed by atoms with Crippen LogP contribution in [0.3, 0.4) is 0 Å². The Morgan fingerprint density at radius 3 is 1.04 bits per heavy atom. The Balaban J connectivity index is 0.000000141. The highest BCUT2D eigenvalue weighted by Gasteiger charge is 2.33. The van der Waals surface area contributed by atoms with Crippen LogP contribution in [0.25, 0.3) is 0 Å². The molecule has 2 aliphatic heterocycles. The van der Waals surface area contributed by atoms with Crippen LogP contribution in [0, 0.1) is 0 Å². The SMILES string of the molecule is O=C1C=CC(=O)N1C1CCCC1.O=C1C=CC(=O)N1C1CCCC1. The van der Waals surface area contributed by atoms with Crippen molar-refractivity contribution in [2.75, 3.05) is 0 Å². The maximum absolute atomic E-state index is 11.2. The highest BCUT2D eigenvalue weighted by Crippen LogP contribution is 2.26. The van der Waals surface area contributed by atoms with Gasteiger partial charge in [0.25, 0.3) is 23.6 Å². The molecule has 0 aromatic heterocycles. The van der Waals surface area contributed by atoms with Gasteiger partial charge in [0.1, 0.15) is 0 Å². The van der Waals surface area contributed by atoms with Gasteiger partial charge in [-0.1, -0.05) is 25.7 Å². The van der Waals surface area contributed by atoms with Gasteiger partial charge in [-0.2, -0.15) is 0 Å². The molecular formula is C18H22N2O4. The summed E-state index contributed by atoms with van der Waals surface area (Å²) in [5.74, 6) is -0.530. The van der Waals surface area contributed by atoms with Crippen LogP contribution < -0.4 is 0 Å². The largest absolute Gasteiger partial charge is 0.272 e. The van der Waals surface area contributed by atoms with Gasteiger partial charge in [0.15, 0.2) is 0 Å². The molecule has 0 unspecified atom stereocenters. The van der Waals surface area contributed by atoms with E-state index in [1.807, 2.05) is 0 Å². The zero-order chi connectivity index (χ0) is 17.1. The van der Waals surface area contributed by atoms with Crippen molar-refractivity contribution in [2.45, 2.75) is 63.5 Å². The summed E-state index contributed by atoms with van der Waals surface area (Å²) in [6, 6.07) is 0.361. The average molecular weight is 330 g/mol. The normalized spacial score (nSPS) is 24.5. The molecule has 0 bridgehead atoms. The second-order valence-electron chi connectivity index (χ2n) is 6.64. The van der Waals surface area contributed by atoms with Crippen molar-refractivity contribution < 1.29 is 19.2 Å². The molecule has 2 aliphatic carbocycles. The number of carbonyl (C=O) groups is 4. The van der Waals surface area contributed by atoms with Gasteiger partial charge in [-0.15, -0.1) is 0 Å². The summed E-state index contributed by atoms with van der Waals surface area (Å²) < 4.78 is 0. The quantitative estimate of drug-likeness (QED) is 0.722. The molecule has 6 nitrogen and oxygen atoms in total. The van der Waals surface area contributed by atoms with Crippen LogP contribution in [-0.2, 0) is 19.2 Å². The summed E-state index contributed by atoms with van der Waals surface area (Å²) in [7, 11) is 0. The van der Waals surface area contributed by atoms with Crippen molar-refractivity contribution in [3.8, 4) is 0 Å². The Bertz CT molecular complexity index is 521. The maximum atomic E-state index is 11.2. The van der Waals surface area contributed by atoms with Gasteiger partial charge in [0, 0.05) is 36.4 Å². The van der Waals surface area contributed by atoms with E-state index in [2.05, 4.69) is 0 Å². The molecule has 2 heterocycles. The van der Waals surface area contributed by atoms with E-state index < -0.39 is 0 Å². The van der Waals surface area contributed by atoms with Crippen LogP contribution in [0.5, 0.6) is 0 Å². The van der Waals surface area contributed by atoms with Crippen molar-refractivity contribution in [1.29, 1.82) is 0 Å². The lowest BCUT2D eigenvalue weighted by molar-refractivity contribution is -0.140. The zero-order valence-electron chi connectivity index (χ0n) is 13.6. The first-order chi connectivity index (χ1) is 11.6. The summed E-state index contributed by atoms with van der Waals surface area (Å²) >= 11 is 0. The molecule has 0 saturated heterocycles. The molecule has 0 N–H and O–H groups in total. The van der Waals surface area contributed by atoms with Gasteiger partial charge >= 0.3 is 0 Å². The van der Waals surface area contributed by atoms with Crippen LogP contribution >= 0.6 is 0 Å². The number of nitrogens with zero attached hydrogens (tertiary/aromatic N) is 2. The first-order valence-electron chi connectivity index (χ1n) is 8.68. The zero-order valence-corrected chi connectivity index (χ0v) is 13.6. The minimum Gasteiger partial charge on any atom is -0.272 e. The fraction of sp³-hybridized carbons (Fsp3) is 0.556. The molecule has 128 valence electrons. The first-order valence-corrected chi connectivity index (χ1v) is 8.68. The van der Waals surface area contributed by atoms with Crippen molar-refractivity contribution in [3.05, 3.63) is 24.3 Å². The Labute approximate surface area is 141 Å². The number of carbonyl (C=O) groups excluding carboxylic acids is 4. The van der Waals surface area contributed by atoms with E-state index >= 15 is 0 Å². The molecular weight excluding hydrogens is 308 g/mol. The molecule has 6 heteroatoms. The first kappa shape index (κ1) is 16.6. The van der Waals surface area contributed by atoms with Gasteiger partial charge in [-0.3, -0.25) is 29.0 Å². The summed E-state index contributed by atoms with van der Waals surface area (Å²) in [6.45, 7) is 0. The molecule has 0 atom stereocenters. The van der Waals surface area contributed by atoms with Crippen LogP contribution in [0.15, 0.2) is 24.3 Å². The number of amides is 4. The molecule has 24 heavy (non-hydrogen) atoms. The molecule has 4 amide bonds. The van der Waals surface area contributed by atoms with Crippen LogP contribution in [0.2, 0.25) is 0 Å². The monoisotopic (exact) mass is 330 g/mol. The summed E-state index contributed by atoms with van der Waals surface area (Å²) in [6.07, 6.45) is 14.0. The van der Waals surface area contributed by atoms with E-state index in [1.165, 1.54) is 34.1 Å². The summed E-state index contributed by atoms with van der Waals surface area (Å²) in [5.41, 5.74) is 0. The van der Waals surface area contributed by atoms with E-state index in [0.717, 1.165) is 51.4 Å². The molecule has 4 aliphatic rings. The molecule has 0 spiro atoms. The van der Waals surface area contributed by atoms with Gasteiger partial charge in [-0.25, -0.2) is 0 Å². The minimum absolute atomic E-state index is 0.132. The lowest BCUT2D eigenvalue weighted by atomic mass is 10.2. The molecule has 2 fully saturated rings. The fourth-order valence-corrected chi connectivity index (χ4v) is 3.87. The van der Waals surface area contributed by atoms with Gasteiger partial charge in [-0.05, 0) is 25.7 Å².